The SMILES string of the molecule is Cc1c(N)c(C)c(C(=O)O)c(O)c1C(=O)O.Cl. The zero-order valence-electron chi connectivity index (χ0n) is 9.14. The summed E-state index contributed by atoms with van der Waals surface area (Å²) in [6.07, 6.45) is 0. The number of hydrogen-bond acceptors (Lipinski definition) is 4. The predicted octanol–water partition coefficient (Wildman–Crippen LogP) is 1.41. The zero-order chi connectivity index (χ0) is 12.6. The van der Waals surface area contributed by atoms with Gasteiger partial charge in [-0.3, -0.25) is 0 Å². The summed E-state index contributed by atoms with van der Waals surface area (Å²) in [5.41, 5.74) is 5.03. The summed E-state index contributed by atoms with van der Waals surface area (Å²) >= 11 is 0. The van der Waals surface area contributed by atoms with Crippen molar-refractivity contribution in [1.82, 2.24) is 0 Å². The van der Waals surface area contributed by atoms with Crippen molar-refractivity contribution in [1.29, 1.82) is 0 Å². The van der Waals surface area contributed by atoms with Gasteiger partial charge in [0.2, 0.25) is 0 Å². The largest absolute Gasteiger partial charge is 0.506 e. The summed E-state index contributed by atoms with van der Waals surface area (Å²) in [6, 6.07) is 0. The maximum atomic E-state index is 10.9. The standard InChI is InChI=1S/C10H11NO5.ClH/c1-3-5(9(13)14)8(12)6(10(15)16)4(2)7(3)11;/h12H,11H2,1-2H3,(H,13,14)(H,15,16);1H. The molecule has 0 amide bonds. The lowest BCUT2D eigenvalue weighted by Gasteiger charge is -2.13. The first-order chi connectivity index (χ1) is 7.29. The lowest BCUT2D eigenvalue weighted by Crippen LogP contribution is -2.11. The minimum Gasteiger partial charge on any atom is -0.506 e. The van der Waals surface area contributed by atoms with Crippen LogP contribution in [0.15, 0.2) is 0 Å². The quantitative estimate of drug-likeness (QED) is 0.472. The number of anilines is 1. The number of nitrogen functional groups attached to an aromatic ring is 1. The van der Waals surface area contributed by atoms with E-state index in [1.54, 1.807) is 0 Å². The molecule has 0 spiro atoms. The highest BCUT2D eigenvalue weighted by Crippen LogP contribution is 2.34. The van der Waals surface area contributed by atoms with Gasteiger partial charge in [0.1, 0.15) is 16.9 Å². The molecule has 1 rings (SSSR count). The summed E-state index contributed by atoms with van der Waals surface area (Å²) in [5, 5.41) is 27.3. The number of rotatable bonds is 2. The Morgan fingerprint density at radius 2 is 1.29 bits per heavy atom. The molecule has 0 unspecified atom stereocenters. The van der Waals surface area contributed by atoms with Crippen LogP contribution < -0.4 is 5.73 Å². The van der Waals surface area contributed by atoms with Gasteiger partial charge in [0.25, 0.3) is 0 Å². The molecule has 0 saturated carbocycles. The Labute approximate surface area is 103 Å². The van der Waals surface area contributed by atoms with Gasteiger partial charge in [-0.15, -0.1) is 12.4 Å². The maximum absolute atomic E-state index is 10.9. The first-order valence-electron chi connectivity index (χ1n) is 4.37. The first-order valence-corrected chi connectivity index (χ1v) is 4.37. The summed E-state index contributed by atoms with van der Waals surface area (Å²) in [7, 11) is 0. The zero-order valence-corrected chi connectivity index (χ0v) is 9.96. The second kappa shape index (κ2) is 4.92. The van der Waals surface area contributed by atoms with Gasteiger partial charge in [-0.2, -0.15) is 0 Å². The molecule has 17 heavy (non-hydrogen) atoms. The van der Waals surface area contributed by atoms with Crippen molar-refractivity contribution in [2.45, 2.75) is 13.8 Å². The van der Waals surface area contributed by atoms with E-state index in [4.69, 9.17) is 15.9 Å². The number of phenols is 1. The molecule has 0 radical (unpaired) electrons. The van der Waals surface area contributed by atoms with Gasteiger partial charge in [-0.25, -0.2) is 9.59 Å². The third-order valence-electron chi connectivity index (χ3n) is 2.46. The predicted molar refractivity (Wildman–Crippen MR) is 63.2 cm³/mol. The van der Waals surface area contributed by atoms with Crippen LogP contribution in [-0.4, -0.2) is 27.3 Å². The molecule has 0 fully saturated rings. The first kappa shape index (κ1) is 15.0. The van der Waals surface area contributed by atoms with Gasteiger partial charge in [-0.1, -0.05) is 0 Å². The average molecular weight is 262 g/mol. The molecular weight excluding hydrogens is 250 g/mol. The average Bonchev–Trinajstić information content (AvgIpc) is 2.13. The van der Waals surface area contributed by atoms with E-state index in [2.05, 4.69) is 0 Å². The van der Waals surface area contributed by atoms with Crippen molar-refractivity contribution in [2.75, 3.05) is 5.73 Å². The molecule has 0 heterocycles. The van der Waals surface area contributed by atoms with Gasteiger partial charge < -0.3 is 21.1 Å². The van der Waals surface area contributed by atoms with Gasteiger partial charge in [0.05, 0.1) is 0 Å². The number of aromatic hydroxyl groups is 1. The van der Waals surface area contributed by atoms with Crippen LogP contribution in [0.4, 0.5) is 5.69 Å². The molecule has 94 valence electrons. The highest BCUT2D eigenvalue weighted by atomic mass is 35.5. The normalized spacial score (nSPS) is 9.53. The van der Waals surface area contributed by atoms with Crippen LogP contribution in [0.3, 0.4) is 0 Å². The van der Waals surface area contributed by atoms with Crippen molar-refractivity contribution in [3.63, 3.8) is 0 Å². The second-order valence-corrected chi connectivity index (χ2v) is 3.37. The highest BCUT2D eigenvalue weighted by Gasteiger charge is 2.25. The molecule has 6 nitrogen and oxygen atoms in total. The fourth-order valence-electron chi connectivity index (χ4n) is 1.55. The summed E-state index contributed by atoms with van der Waals surface area (Å²) < 4.78 is 0. The summed E-state index contributed by atoms with van der Waals surface area (Å²) in [5.74, 6) is -3.59. The molecule has 0 aliphatic heterocycles. The monoisotopic (exact) mass is 261 g/mol. The number of halogens is 1. The Hall–Kier alpha value is -1.95. The lowest BCUT2D eigenvalue weighted by atomic mass is 9.96. The molecule has 5 N–H and O–H groups in total. The van der Waals surface area contributed by atoms with E-state index in [0.717, 1.165) is 0 Å². The molecular formula is C10H12ClNO5. The minimum absolute atomic E-state index is 0. The van der Waals surface area contributed by atoms with Crippen LogP contribution in [0.25, 0.3) is 0 Å². The third-order valence-corrected chi connectivity index (χ3v) is 2.46. The minimum atomic E-state index is -1.41. The highest BCUT2D eigenvalue weighted by molar-refractivity contribution is 6.03. The molecule has 0 aromatic heterocycles. The lowest BCUT2D eigenvalue weighted by molar-refractivity contribution is 0.0691. The summed E-state index contributed by atoms with van der Waals surface area (Å²) in [6.45, 7) is 2.83. The van der Waals surface area contributed by atoms with Crippen molar-refractivity contribution < 1.29 is 24.9 Å². The molecule has 0 aliphatic rings. The molecule has 1 aromatic rings. The number of carboxylic acid groups (broad SMARTS) is 2. The van der Waals surface area contributed by atoms with Crippen LogP contribution in [0.2, 0.25) is 0 Å². The van der Waals surface area contributed by atoms with Gasteiger partial charge in [-0.05, 0) is 25.0 Å². The van der Waals surface area contributed by atoms with E-state index in [1.807, 2.05) is 0 Å². The second-order valence-electron chi connectivity index (χ2n) is 3.37. The maximum Gasteiger partial charge on any atom is 0.339 e. The van der Waals surface area contributed by atoms with Crippen molar-refractivity contribution >= 4 is 30.0 Å². The number of benzene rings is 1. The van der Waals surface area contributed by atoms with E-state index >= 15 is 0 Å². The van der Waals surface area contributed by atoms with Crippen LogP contribution in [0.5, 0.6) is 5.75 Å². The van der Waals surface area contributed by atoms with Crippen LogP contribution in [0.1, 0.15) is 31.8 Å². The van der Waals surface area contributed by atoms with Crippen molar-refractivity contribution in [3.8, 4) is 5.75 Å². The van der Waals surface area contributed by atoms with E-state index in [1.165, 1.54) is 13.8 Å². The van der Waals surface area contributed by atoms with Crippen molar-refractivity contribution in [2.24, 2.45) is 0 Å². The number of carbonyl (C=O) groups is 2. The molecule has 0 aliphatic carbocycles. The smallest absolute Gasteiger partial charge is 0.339 e. The van der Waals surface area contributed by atoms with E-state index < -0.39 is 28.8 Å². The Morgan fingerprint density at radius 1 is 1.00 bits per heavy atom. The molecule has 0 bridgehead atoms. The number of nitrogens with two attached hydrogens (primary N) is 1. The summed E-state index contributed by atoms with van der Waals surface area (Å²) in [4.78, 5) is 21.7. The number of aromatic carboxylic acids is 2. The fourth-order valence-corrected chi connectivity index (χ4v) is 1.55. The number of carboxylic acids is 2. The Balaban J connectivity index is 0.00000256. The molecule has 7 heteroatoms. The van der Waals surface area contributed by atoms with Gasteiger partial charge in [0, 0.05) is 5.69 Å². The Bertz CT molecular complexity index is 457. The fraction of sp³-hybridized carbons (Fsp3) is 0.200. The van der Waals surface area contributed by atoms with Crippen LogP contribution in [0, 0.1) is 13.8 Å². The van der Waals surface area contributed by atoms with E-state index in [9.17, 15) is 14.7 Å². The van der Waals surface area contributed by atoms with Gasteiger partial charge >= 0.3 is 11.9 Å². The molecule has 0 atom stereocenters. The molecule has 0 saturated heterocycles. The number of hydrogen-bond donors (Lipinski definition) is 4. The topological polar surface area (TPSA) is 121 Å². The Morgan fingerprint density at radius 3 is 1.53 bits per heavy atom. The Kier molecular flexibility index (Phi) is 4.36. The third kappa shape index (κ3) is 2.26. The van der Waals surface area contributed by atoms with Crippen LogP contribution >= 0.6 is 12.4 Å². The van der Waals surface area contributed by atoms with Crippen molar-refractivity contribution in [3.05, 3.63) is 22.3 Å². The van der Waals surface area contributed by atoms with Crippen LogP contribution in [-0.2, 0) is 0 Å². The molecule has 1 aromatic carbocycles. The van der Waals surface area contributed by atoms with E-state index in [-0.39, 0.29) is 29.2 Å². The van der Waals surface area contributed by atoms with Gasteiger partial charge in [0.15, 0.2) is 0 Å². The van der Waals surface area contributed by atoms with E-state index in [0.29, 0.717) is 0 Å².